The Hall–Kier alpha value is -3.27. The molecule has 0 spiro atoms. The summed E-state index contributed by atoms with van der Waals surface area (Å²) in [6.07, 6.45) is 0. The summed E-state index contributed by atoms with van der Waals surface area (Å²) in [5.74, 6) is -1.94. The predicted molar refractivity (Wildman–Crippen MR) is 121 cm³/mol. The van der Waals surface area contributed by atoms with Crippen molar-refractivity contribution in [3.05, 3.63) is 80.4 Å². The highest BCUT2D eigenvalue weighted by atomic mass is 35.5. The average Bonchev–Trinajstić information content (AvgIpc) is 3.08. The maximum atomic E-state index is 13.0. The Balaban J connectivity index is 1.77. The number of aliphatic hydroxyl groups is 1. The molecule has 172 valence electrons. The number of benzene rings is 2. The molecule has 0 bridgehead atoms. The van der Waals surface area contributed by atoms with Crippen molar-refractivity contribution in [1.82, 2.24) is 9.80 Å². The molecule has 10 heteroatoms. The van der Waals surface area contributed by atoms with Gasteiger partial charge in [-0.3, -0.25) is 24.6 Å². The van der Waals surface area contributed by atoms with Gasteiger partial charge in [0.05, 0.1) is 29.8 Å². The summed E-state index contributed by atoms with van der Waals surface area (Å²) in [6, 6.07) is 11.0. The molecule has 2 aromatic rings. The normalized spacial score (nSPS) is 20.9. The number of nitrogens with zero attached hydrogens (tertiary/aromatic N) is 3. The van der Waals surface area contributed by atoms with E-state index >= 15 is 0 Å². The first-order valence-corrected chi connectivity index (χ1v) is 10.8. The first-order chi connectivity index (χ1) is 15.9. The monoisotopic (exact) mass is 471 g/mol. The van der Waals surface area contributed by atoms with Gasteiger partial charge in [0.2, 0.25) is 0 Å². The van der Waals surface area contributed by atoms with Gasteiger partial charge in [-0.15, -0.1) is 0 Å². The van der Waals surface area contributed by atoms with Gasteiger partial charge in [-0.2, -0.15) is 0 Å². The van der Waals surface area contributed by atoms with Gasteiger partial charge in [-0.1, -0.05) is 23.7 Å². The van der Waals surface area contributed by atoms with Crippen molar-refractivity contribution in [2.75, 3.05) is 39.4 Å². The van der Waals surface area contributed by atoms with Crippen molar-refractivity contribution in [2.45, 2.75) is 6.04 Å². The number of aliphatic hydroxyl groups excluding tert-OH is 1. The molecular formula is C23H22ClN3O6. The topological polar surface area (TPSA) is 113 Å². The summed E-state index contributed by atoms with van der Waals surface area (Å²) in [5, 5.41) is 22.8. The molecule has 0 radical (unpaired) electrons. The number of halogens is 1. The quantitative estimate of drug-likeness (QED) is 0.226. The number of carbonyl (C=O) groups is 2. The van der Waals surface area contributed by atoms with Crippen LogP contribution in [0.2, 0.25) is 5.02 Å². The zero-order chi connectivity index (χ0) is 23.5. The van der Waals surface area contributed by atoms with E-state index < -0.39 is 22.7 Å². The summed E-state index contributed by atoms with van der Waals surface area (Å²) in [6.45, 7) is 3.30. The SMILES string of the molecule is O=C1C(=O)N(CCN2CCOCC2)[C@@H](c2cccc([N+](=O)[O-])c2)/C1=C(\O)c1ccc(Cl)cc1. The number of rotatable bonds is 6. The van der Waals surface area contributed by atoms with Crippen LogP contribution in [0.15, 0.2) is 54.1 Å². The molecule has 4 rings (SSSR count). The van der Waals surface area contributed by atoms with E-state index in [1.807, 2.05) is 0 Å². The second-order valence-corrected chi connectivity index (χ2v) is 8.24. The number of amides is 1. The highest BCUT2D eigenvalue weighted by Gasteiger charge is 2.46. The molecule has 0 aromatic heterocycles. The molecule has 2 aliphatic heterocycles. The van der Waals surface area contributed by atoms with Gasteiger partial charge in [-0.25, -0.2) is 0 Å². The van der Waals surface area contributed by atoms with Gasteiger partial charge in [0.15, 0.2) is 0 Å². The van der Waals surface area contributed by atoms with E-state index in [-0.39, 0.29) is 23.6 Å². The fourth-order valence-electron chi connectivity index (χ4n) is 4.10. The lowest BCUT2D eigenvalue weighted by Crippen LogP contribution is -2.42. The van der Waals surface area contributed by atoms with Gasteiger partial charge in [0.1, 0.15) is 5.76 Å². The van der Waals surface area contributed by atoms with Crippen LogP contribution in [0.3, 0.4) is 0 Å². The van der Waals surface area contributed by atoms with Crippen molar-refractivity contribution < 1.29 is 24.4 Å². The van der Waals surface area contributed by atoms with E-state index in [1.165, 1.54) is 23.1 Å². The van der Waals surface area contributed by atoms with Crippen LogP contribution in [-0.2, 0) is 14.3 Å². The molecule has 1 atom stereocenters. The van der Waals surface area contributed by atoms with Crippen molar-refractivity contribution in [1.29, 1.82) is 0 Å². The molecule has 1 N–H and O–H groups in total. The first-order valence-electron chi connectivity index (χ1n) is 10.5. The lowest BCUT2D eigenvalue weighted by Gasteiger charge is -2.31. The smallest absolute Gasteiger partial charge is 0.295 e. The first kappa shape index (κ1) is 22.9. The number of non-ortho nitro benzene ring substituents is 1. The van der Waals surface area contributed by atoms with Crippen molar-refractivity contribution in [2.24, 2.45) is 0 Å². The number of nitro benzene ring substituents is 1. The Bertz CT molecular complexity index is 1110. The van der Waals surface area contributed by atoms with Gasteiger partial charge < -0.3 is 14.7 Å². The van der Waals surface area contributed by atoms with Crippen molar-refractivity contribution in [3.8, 4) is 0 Å². The summed E-state index contributed by atoms with van der Waals surface area (Å²) < 4.78 is 5.35. The second-order valence-electron chi connectivity index (χ2n) is 7.81. The van der Waals surface area contributed by atoms with Gasteiger partial charge in [0, 0.05) is 48.9 Å². The minimum Gasteiger partial charge on any atom is -0.507 e. The van der Waals surface area contributed by atoms with Crippen LogP contribution >= 0.6 is 11.6 Å². The summed E-state index contributed by atoms with van der Waals surface area (Å²) in [5.41, 5.74) is 0.421. The fraction of sp³-hybridized carbons (Fsp3) is 0.304. The molecule has 2 saturated heterocycles. The molecule has 9 nitrogen and oxygen atoms in total. The van der Waals surface area contributed by atoms with Crippen LogP contribution in [0.5, 0.6) is 0 Å². The zero-order valence-corrected chi connectivity index (χ0v) is 18.4. The number of nitro groups is 1. The Morgan fingerprint density at radius 1 is 1.12 bits per heavy atom. The summed E-state index contributed by atoms with van der Waals surface area (Å²) >= 11 is 5.93. The Labute approximate surface area is 195 Å². The van der Waals surface area contributed by atoms with Crippen LogP contribution in [0.1, 0.15) is 17.2 Å². The molecular weight excluding hydrogens is 450 g/mol. The Morgan fingerprint density at radius 3 is 2.48 bits per heavy atom. The zero-order valence-electron chi connectivity index (χ0n) is 17.6. The third-order valence-corrected chi connectivity index (χ3v) is 6.07. The van der Waals surface area contributed by atoms with E-state index in [1.54, 1.807) is 30.3 Å². The molecule has 2 fully saturated rings. The van der Waals surface area contributed by atoms with Gasteiger partial charge >= 0.3 is 0 Å². The van der Waals surface area contributed by atoms with E-state index in [2.05, 4.69) is 4.90 Å². The van der Waals surface area contributed by atoms with Crippen molar-refractivity contribution >= 4 is 34.7 Å². The van der Waals surface area contributed by atoms with Crippen LogP contribution in [0.4, 0.5) is 5.69 Å². The van der Waals surface area contributed by atoms with E-state index in [4.69, 9.17) is 16.3 Å². The van der Waals surface area contributed by atoms with E-state index in [0.29, 0.717) is 49.0 Å². The van der Waals surface area contributed by atoms with E-state index in [0.717, 1.165) is 0 Å². The van der Waals surface area contributed by atoms with Crippen LogP contribution in [-0.4, -0.2) is 70.9 Å². The fourth-order valence-corrected chi connectivity index (χ4v) is 4.23. The van der Waals surface area contributed by atoms with E-state index in [9.17, 15) is 24.8 Å². The minimum absolute atomic E-state index is 0.107. The molecule has 0 saturated carbocycles. The minimum atomic E-state index is -0.957. The molecule has 0 unspecified atom stereocenters. The van der Waals surface area contributed by atoms with Gasteiger partial charge in [-0.05, 0) is 29.8 Å². The lowest BCUT2D eigenvalue weighted by molar-refractivity contribution is -0.384. The maximum absolute atomic E-state index is 13.0. The number of carbonyl (C=O) groups excluding carboxylic acids is 2. The number of hydrogen-bond acceptors (Lipinski definition) is 7. The third kappa shape index (κ3) is 4.75. The Kier molecular flexibility index (Phi) is 6.73. The van der Waals surface area contributed by atoms with Gasteiger partial charge in [0.25, 0.3) is 17.4 Å². The molecule has 33 heavy (non-hydrogen) atoms. The largest absolute Gasteiger partial charge is 0.507 e. The van der Waals surface area contributed by atoms with Crippen molar-refractivity contribution in [3.63, 3.8) is 0 Å². The molecule has 2 aromatic carbocycles. The lowest BCUT2D eigenvalue weighted by atomic mass is 9.95. The van der Waals surface area contributed by atoms with Crippen LogP contribution in [0, 0.1) is 10.1 Å². The highest BCUT2D eigenvalue weighted by molar-refractivity contribution is 6.46. The molecule has 1 amide bonds. The summed E-state index contributed by atoms with van der Waals surface area (Å²) in [4.78, 5) is 40.4. The number of morpholine rings is 1. The number of Topliss-reactive ketones (excluding diaryl/α,β-unsaturated/α-hetero) is 1. The predicted octanol–water partition coefficient (Wildman–Crippen LogP) is 3.00. The standard InChI is InChI=1S/C23H22ClN3O6/c24-17-6-4-15(5-7-17)21(28)19-20(16-2-1-3-18(14-16)27(31)32)26(23(30)22(19)29)9-8-25-10-12-33-13-11-25/h1-7,14,20,28H,8-13H2/b21-19+/t20-/m0/s1. The van der Waals surface area contributed by atoms with Crippen LogP contribution in [0.25, 0.3) is 5.76 Å². The second kappa shape index (κ2) is 9.70. The Morgan fingerprint density at radius 2 is 1.82 bits per heavy atom. The third-order valence-electron chi connectivity index (χ3n) is 5.82. The highest BCUT2D eigenvalue weighted by Crippen LogP contribution is 2.40. The average molecular weight is 472 g/mol. The number of hydrogen-bond donors (Lipinski definition) is 1. The number of likely N-dealkylation sites (tertiary alicyclic amines) is 1. The summed E-state index contributed by atoms with van der Waals surface area (Å²) in [7, 11) is 0. The molecule has 0 aliphatic carbocycles. The van der Waals surface area contributed by atoms with Crippen LogP contribution < -0.4 is 0 Å². The number of ether oxygens (including phenoxy) is 1. The molecule has 2 aliphatic rings. The number of ketones is 1. The molecule has 2 heterocycles. The maximum Gasteiger partial charge on any atom is 0.295 e.